The maximum Gasteiger partial charge on any atom is 0.153 e. The molecule has 1 fully saturated rings. The molecule has 126 valence electrons. The molecule has 0 aromatic heterocycles. The predicted molar refractivity (Wildman–Crippen MR) is 91.4 cm³/mol. The van der Waals surface area contributed by atoms with Crippen LogP contribution in [0.25, 0.3) is 0 Å². The summed E-state index contributed by atoms with van der Waals surface area (Å²) in [6.07, 6.45) is 6.79. The summed E-state index contributed by atoms with van der Waals surface area (Å²) < 4.78 is 11.0. The van der Waals surface area contributed by atoms with Crippen molar-refractivity contribution in [3.05, 3.63) is 28.8 Å². The second kappa shape index (κ2) is 5.94. The summed E-state index contributed by atoms with van der Waals surface area (Å²) in [6, 6.07) is 4.18. The molecule has 2 aliphatic carbocycles. The SMILES string of the molecule is COC[C@@]1(C)CCC[C@]2(C)c3cc(OC)c(C=O)cc3CC[C@@H]12. The predicted octanol–water partition coefficient (Wildman–Crippen LogP) is 4.16. The molecule has 1 aromatic rings. The highest BCUT2D eigenvalue weighted by Gasteiger charge is 2.51. The Hall–Kier alpha value is -1.35. The third kappa shape index (κ3) is 2.50. The van der Waals surface area contributed by atoms with Gasteiger partial charge in [0.2, 0.25) is 0 Å². The molecule has 1 saturated carbocycles. The highest BCUT2D eigenvalue weighted by atomic mass is 16.5. The quantitative estimate of drug-likeness (QED) is 0.782. The molecule has 23 heavy (non-hydrogen) atoms. The topological polar surface area (TPSA) is 35.5 Å². The first kappa shape index (κ1) is 16.5. The van der Waals surface area contributed by atoms with Gasteiger partial charge in [-0.3, -0.25) is 4.79 Å². The van der Waals surface area contributed by atoms with Crippen molar-refractivity contribution in [3.63, 3.8) is 0 Å². The Morgan fingerprint density at radius 1 is 1.26 bits per heavy atom. The van der Waals surface area contributed by atoms with Gasteiger partial charge in [0.1, 0.15) is 5.75 Å². The number of carbonyl (C=O) groups excluding carboxylic acids is 1. The molecule has 0 saturated heterocycles. The zero-order chi connectivity index (χ0) is 16.7. The van der Waals surface area contributed by atoms with Crippen molar-refractivity contribution >= 4 is 6.29 Å². The van der Waals surface area contributed by atoms with Gasteiger partial charge in [0.15, 0.2) is 6.29 Å². The van der Waals surface area contributed by atoms with Gasteiger partial charge in [-0.15, -0.1) is 0 Å². The summed E-state index contributed by atoms with van der Waals surface area (Å²) in [5.74, 6) is 1.32. The van der Waals surface area contributed by atoms with E-state index in [-0.39, 0.29) is 10.8 Å². The molecule has 3 heteroatoms. The molecular weight excluding hydrogens is 288 g/mol. The number of methoxy groups -OCH3 is 2. The van der Waals surface area contributed by atoms with E-state index < -0.39 is 0 Å². The van der Waals surface area contributed by atoms with Crippen LogP contribution in [-0.2, 0) is 16.6 Å². The highest BCUT2D eigenvalue weighted by Crippen LogP contribution is 2.57. The Balaban J connectivity index is 2.10. The van der Waals surface area contributed by atoms with Gasteiger partial charge >= 0.3 is 0 Å². The van der Waals surface area contributed by atoms with E-state index >= 15 is 0 Å². The third-order valence-corrected chi connectivity index (χ3v) is 6.43. The number of aryl methyl sites for hydroxylation is 1. The zero-order valence-electron chi connectivity index (χ0n) is 14.8. The van der Waals surface area contributed by atoms with Gasteiger partial charge in [0.05, 0.1) is 19.3 Å². The van der Waals surface area contributed by atoms with Crippen molar-refractivity contribution in [3.8, 4) is 5.75 Å². The maximum absolute atomic E-state index is 11.3. The standard InChI is InChI=1S/C20H28O3/c1-19(13-22-3)8-5-9-20(2)16-11-17(23-4)15(12-21)10-14(16)6-7-18(19)20/h10-12,18H,5-9,13H2,1-4H3/t18-,19+,20+/m0/s1. The smallest absolute Gasteiger partial charge is 0.153 e. The fourth-order valence-electron chi connectivity index (χ4n) is 5.42. The van der Waals surface area contributed by atoms with E-state index in [1.54, 1.807) is 7.11 Å². The van der Waals surface area contributed by atoms with Gasteiger partial charge < -0.3 is 9.47 Å². The van der Waals surface area contributed by atoms with E-state index in [4.69, 9.17) is 9.47 Å². The molecule has 0 heterocycles. The van der Waals surface area contributed by atoms with Gasteiger partial charge in [-0.1, -0.05) is 20.3 Å². The number of fused-ring (bicyclic) bond motifs is 3. The average Bonchev–Trinajstić information content (AvgIpc) is 2.53. The van der Waals surface area contributed by atoms with E-state index in [1.165, 1.54) is 36.8 Å². The van der Waals surface area contributed by atoms with Crippen LogP contribution in [0.4, 0.5) is 0 Å². The van der Waals surface area contributed by atoms with Crippen LogP contribution in [0.3, 0.4) is 0 Å². The number of rotatable bonds is 4. The Morgan fingerprint density at radius 3 is 2.70 bits per heavy atom. The van der Waals surface area contributed by atoms with Gasteiger partial charge in [0, 0.05) is 7.11 Å². The minimum Gasteiger partial charge on any atom is -0.496 e. The molecule has 3 nitrogen and oxygen atoms in total. The van der Waals surface area contributed by atoms with E-state index in [1.807, 2.05) is 13.2 Å². The fraction of sp³-hybridized carbons (Fsp3) is 0.650. The Bertz CT molecular complexity index is 605. The van der Waals surface area contributed by atoms with Crippen LogP contribution in [0.5, 0.6) is 5.75 Å². The van der Waals surface area contributed by atoms with Gasteiger partial charge in [-0.2, -0.15) is 0 Å². The van der Waals surface area contributed by atoms with Crippen molar-refractivity contribution in [2.75, 3.05) is 20.8 Å². The first-order valence-electron chi connectivity index (χ1n) is 8.64. The molecule has 0 unspecified atom stereocenters. The number of ether oxygens (including phenoxy) is 2. The lowest BCUT2D eigenvalue weighted by atomic mass is 9.50. The van der Waals surface area contributed by atoms with Crippen LogP contribution in [-0.4, -0.2) is 27.1 Å². The zero-order valence-corrected chi connectivity index (χ0v) is 14.8. The van der Waals surface area contributed by atoms with Crippen LogP contribution < -0.4 is 4.74 Å². The van der Waals surface area contributed by atoms with Crippen LogP contribution >= 0.6 is 0 Å². The van der Waals surface area contributed by atoms with Crippen LogP contribution in [0.2, 0.25) is 0 Å². The minimum absolute atomic E-state index is 0.147. The summed E-state index contributed by atoms with van der Waals surface area (Å²) in [5, 5.41) is 0. The number of carbonyl (C=O) groups is 1. The van der Waals surface area contributed by atoms with Crippen molar-refractivity contribution in [2.45, 2.75) is 51.4 Å². The molecule has 3 atom stereocenters. The van der Waals surface area contributed by atoms with Gasteiger partial charge in [-0.25, -0.2) is 0 Å². The molecule has 2 aliphatic rings. The molecule has 0 bridgehead atoms. The number of aldehydes is 1. The molecule has 0 amide bonds. The summed E-state index contributed by atoms with van der Waals surface area (Å²) in [5.41, 5.74) is 3.76. The van der Waals surface area contributed by atoms with Crippen molar-refractivity contribution < 1.29 is 14.3 Å². The lowest BCUT2D eigenvalue weighted by molar-refractivity contribution is -0.0325. The van der Waals surface area contributed by atoms with E-state index in [0.717, 1.165) is 19.3 Å². The second-order valence-electron chi connectivity index (χ2n) is 7.82. The molecule has 0 radical (unpaired) electrons. The number of hydrogen-bond donors (Lipinski definition) is 0. The molecular formula is C20H28O3. The van der Waals surface area contributed by atoms with Gasteiger partial charge in [-0.05, 0) is 65.7 Å². The summed E-state index contributed by atoms with van der Waals surface area (Å²) in [7, 11) is 3.46. The van der Waals surface area contributed by atoms with Crippen molar-refractivity contribution in [1.82, 2.24) is 0 Å². The third-order valence-electron chi connectivity index (χ3n) is 6.43. The van der Waals surface area contributed by atoms with Crippen molar-refractivity contribution in [1.29, 1.82) is 0 Å². The number of benzene rings is 1. The van der Waals surface area contributed by atoms with Crippen molar-refractivity contribution in [2.24, 2.45) is 11.3 Å². The average molecular weight is 316 g/mol. The fourth-order valence-corrected chi connectivity index (χ4v) is 5.42. The van der Waals surface area contributed by atoms with E-state index in [0.29, 0.717) is 17.2 Å². The van der Waals surface area contributed by atoms with E-state index in [2.05, 4.69) is 19.9 Å². The summed E-state index contributed by atoms with van der Waals surface area (Å²) >= 11 is 0. The van der Waals surface area contributed by atoms with Crippen LogP contribution in [0.15, 0.2) is 12.1 Å². The molecule has 0 spiro atoms. The first-order chi connectivity index (χ1) is 11.0. The highest BCUT2D eigenvalue weighted by molar-refractivity contribution is 5.80. The minimum atomic E-state index is 0.147. The summed E-state index contributed by atoms with van der Waals surface area (Å²) in [6.45, 7) is 5.62. The largest absolute Gasteiger partial charge is 0.496 e. The molecule has 0 N–H and O–H groups in total. The molecule has 0 aliphatic heterocycles. The van der Waals surface area contributed by atoms with E-state index in [9.17, 15) is 4.79 Å². The summed E-state index contributed by atoms with van der Waals surface area (Å²) in [4.78, 5) is 11.3. The Morgan fingerprint density at radius 2 is 2.04 bits per heavy atom. The lowest BCUT2D eigenvalue weighted by Crippen LogP contribution is -2.50. The second-order valence-corrected chi connectivity index (χ2v) is 7.82. The number of hydrogen-bond acceptors (Lipinski definition) is 3. The Kier molecular flexibility index (Phi) is 4.26. The first-order valence-corrected chi connectivity index (χ1v) is 8.64. The lowest BCUT2D eigenvalue weighted by Gasteiger charge is -2.55. The normalized spacial score (nSPS) is 32.8. The van der Waals surface area contributed by atoms with Gasteiger partial charge in [0.25, 0.3) is 0 Å². The van der Waals surface area contributed by atoms with Crippen LogP contribution in [0, 0.1) is 11.3 Å². The monoisotopic (exact) mass is 316 g/mol. The van der Waals surface area contributed by atoms with Crippen LogP contribution in [0.1, 0.15) is 61.0 Å². The maximum atomic E-state index is 11.3. The Labute approximate surface area is 139 Å². The molecule has 1 aromatic carbocycles. The molecule has 3 rings (SSSR count).